The summed E-state index contributed by atoms with van der Waals surface area (Å²) < 4.78 is 45.9. The molecule has 11 nitrogen and oxygen atoms in total. The number of nitrogens with one attached hydrogen (secondary N) is 1. The number of aromatic nitrogens is 4. The van der Waals surface area contributed by atoms with E-state index in [1.807, 2.05) is 6.07 Å². The van der Waals surface area contributed by atoms with Crippen LogP contribution >= 0.6 is 0 Å². The van der Waals surface area contributed by atoms with Crippen LogP contribution in [-0.2, 0) is 6.54 Å². The molecule has 234 valence electrons. The smallest absolute Gasteiger partial charge is 0.322 e. The fourth-order valence-electron chi connectivity index (χ4n) is 6.35. The van der Waals surface area contributed by atoms with Crippen LogP contribution in [0.15, 0.2) is 51.0 Å². The molecule has 1 aliphatic carbocycles. The number of urea groups is 1. The molecule has 1 atom stereocenters. The fraction of sp³-hybridized carbons (Fsp3) is 0.419. The minimum Gasteiger partial charge on any atom is -0.322 e. The zero-order chi connectivity index (χ0) is 32.2. The number of nitriles is 1. The van der Waals surface area contributed by atoms with Gasteiger partial charge in [-0.15, -0.1) is 0 Å². The van der Waals surface area contributed by atoms with Crippen molar-refractivity contribution in [1.82, 2.24) is 23.6 Å². The second-order valence-electron chi connectivity index (χ2n) is 12.1. The highest BCUT2D eigenvalue weighted by atomic mass is 19.3. The largest absolute Gasteiger partial charge is 0.331 e. The highest BCUT2D eigenvalue weighted by Gasteiger charge is 2.45. The lowest BCUT2D eigenvalue weighted by atomic mass is 9.81. The zero-order valence-electron chi connectivity index (χ0n) is 24.6. The van der Waals surface area contributed by atoms with Crippen molar-refractivity contribution in [3.05, 3.63) is 79.2 Å². The van der Waals surface area contributed by atoms with E-state index in [9.17, 15) is 28.0 Å². The number of amides is 2. The summed E-state index contributed by atoms with van der Waals surface area (Å²) in [6.45, 7) is 3.66. The van der Waals surface area contributed by atoms with Crippen LogP contribution in [0.2, 0.25) is 0 Å². The Morgan fingerprint density at radius 3 is 2.58 bits per heavy atom. The predicted octanol–water partition coefficient (Wildman–Crippen LogP) is 4.38. The lowest BCUT2D eigenvalue weighted by Gasteiger charge is -2.35. The highest BCUT2D eigenvalue weighted by molar-refractivity contribution is 5.93. The number of carbonyl (C=O) groups is 1. The van der Waals surface area contributed by atoms with E-state index >= 15 is 4.39 Å². The number of carbonyl (C=O) groups excluding carboxylic acids is 1. The van der Waals surface area contributed by atoms with Crippen LogP contribution in [0.25, 0.3) is 21.8 Å². The molecule has 2 aromatic heterocycles. The molecule has 2 fully saturated rings. The number of halogens is 3. The first-order valence-corrected chi connectivity index (χ1v) is 14.7. The maximum Gasteiger partial charge on any atom is 0.331 e. The molecule has 0 radical (unpaired) electrons. The molecular formula is C31H30F3N7O4. The van der Waals surface area contributed by atoms with Gasteiger partial charge in [0.1, 0.15) is 5.82 Å². The molecule has 1 saturated heterocycles. The van der Waals surface area contributed by atoms with E-state index < -0.39 is 59.9 Å². The molecule has 2 aromatic carbocycles. The van der Waals surface area contributed by atoms with E-state index in [0.717, 1.165) is 10.6 Å². The number of anilines is 1. The van der Waals surface area contributed by atoms with E-state index in [-0.39, 0.29) is 35.2 Å². The van der Waals surface area contributed by atoms with Gasteiger partial charge in [0.05, 0.1) is 51.5 Å². The van der Waals surface area contributed by atoms with Crippen molar-refractivity contribution in [2.24, 2.45) is 5.92 Å². The lowest BCUT2D eigenvalue weighted by Crippen LogP contribution is -2.46. The van der Waals surface area contributed by atoms with Crippen LogP contribution < -0.4 is 22.1 Å². The van der Waals surface area contributed by atoms with Crippen molar-refractivity contribution >= 4 is 33.5 Å². The van der Waals surface area contributed by atoms with Gasteiger partial charge in [-0.1, -0.05) is 0 Å². The molecular weight excluding hydrogens is 591 g/mol. The average Bonchev–Trinajstić information content (AvgIpc) is 2.99. The van der Waals surface area contributed by atoms with Crippen molar-refractivity contribution in [2.45, 2.75) is 64.1 Å². The van der Waals surface area contributed by atoms with Gasteiger partial charge in [0, 0.05) is 44.6 Å². The SMILES string of the molecule is CC(C)n1c(=O)n(CC2CC(F)(F)C2)c(=O)c2cc(NC(=O)N3CCCC(n4cnc5cc(C#N)ccc5c4=O)C3)c(F)cc21. The number of alkyl halides is 2. The first-order chi connectivity index (χ1) is 21.4. The van der Waals surface area contributed by atoms with Gasteiger partial charge < -0.3 is 10.2 Å². The Labute approximate surface area is 254 Å². The second-order valence-corrected chi connectivity index (χ2v) is 12.1. The van der Waals surface area contributed by atoms with E-state index in [2.05, 4.69) is 10.3 Å². The van der Waals surface area contributed by atoms with E-state index in [1.165, 1.54) is 38.6 Å². The number of piperidine rings is 1. The van der Waals surface area contributed by atoms with Gasteiger partial charge >= 0.3 is 11.7 Å². The van der Waals surface area contributed by atoms with Gasteiger partial charge in [-0.3, -0.25) is 23.3 Å². The first-order valence-electron chi connectivity index (χ1n) is 14.7. The van der Waals surface area contributed by atoms with Gasteiger partial charge in [0.15, 0.2) is 0 Å². The van der Waals surface area contributed by atoms with Crippen LogP contribution in [0.4, 0.5) is 23.7 Å². The van der Waals surface area contributed by atoms with Gasteiger partial charge in [-0.25, -0.2) is 27.7 Å². The predicted molar refractivity (Wildman–Crippen MR) is 160 cm³/mol. The third kappa shape index (κ3) is 5.47. The van der Waals surface area contributed by atoms with E-state index in [0.29, 0.717) is 35.9 Å². The van der Waals surface area contributed by atoms with Crippen molar-refractivity contribution in [2.75, 3.05) is 18.4 Å². The normalized spacial score (nSPS) is 18.2. The maximum absolute atomic E-state index is 15.4. The molecule has 1 aliphatic heterocycles. The molecule has 0 bridgehead atoms. The maximum atomic E-state index is 15.4. The standard InChI is InChI=1S/C31H30F3N7O4/c1-17(2)41-26-10-23(32)25(9-22(26)28(43)39(30(41)45)14-19-11-31(33,34)12-19)37-29(44)38-7-3-4-20(15-38)40-16-36-24-8-18(13-35)5-6-21(24)27(40)42/h5-6,8-10,16-17,19-20H,3-4,7,11-12,14-15H2,1-2H3,(H,37,44). The van der Waals surface area contributed by atoms with Crippen LogP contribution in [-0.4, -0.2) is 48.6 Å². The summed E-state index contributed by atoms with van der Waals surface area (Å²) >= 11 is 0. The Balaban J connectivity index is 1.28. The van der Waals surface area contributed by atoms with Crippen LogP contribution in [0.3, 0.4) is 0 Å². The zero-order valence-corrected chi connectivity index (χ0v) is 24.6. The minimum absolute atomic E-state index is 0.0315. The quantitative estimate of drug-likeness (QED) is 0.352. The molecule has 2 amide bonds. The fourth-order valence-corrected chi connectivity index (χ4v) is 6.35. The Hall–Kier alpha value is -4.93. The third-order valence-corrected chi connectivity index (χ3v) is 8.62. The van der Waals surface area contributed by atoms with Gasteiger partial charge in [-0.2, -0.15) is 5.26 Å². The summed E-state index contributed by atoms with van der Waals surface area (Å²) in [6.07, 6.45) is 1.69. The molecule has 6 rings (SSSR count). The van der Waals surface area contributed by atoms with Gasteiger partial charge in [0.25, 0.3) is 11.1 Å². The Bertz CT molecular complexity index is 2070. The summed E-state index contributed by atoms with van der Waals surface area (Å²) in [4.78, 5) is 59.0. The first kappa shape index (κ1) is 30.1. The molecule has 4 aromatic rings. The number of hydrogen-bond acceptors (Lipinski definition) is 6. The molecule has 2 aliphatic rings. The Morgan fingerprint density at radius 2 is 1.89 bits per heavy atom. The number of hydrogen-bond donors (Lipinski definition) is 1. The molecule has 1 N–H and O–H groups in total. The van der Waals surface area contributed by atoms with Gasteiger partial charge in [0.2, 0.25) is 5.92 Å². The molecule has 0 spiro atoms. The van der Waals surface area contributed by atoms with E-state index in [4.69, 9.17) is 5.26 Å². The summed E-state index contributed by atoms with van der Waals surface area (Å²) in [7, 11) is 0. The topological polar surface area (TPSA) is 135 Å². The molecule has 1 unspecified atom stereocenters. The average molecular weight is 622 g/mol. The Morgan fingerprint density at radius 1 is 1.13 bits per heavy atom. The van der Waals surface area contributed by atoms with Crippen LogP contribution in [0.1, 0.15) is 57.2 Å². The monoisotopic (exact) mass is 621 g/mol. The summed E-state index contributed by atoms with van der Waals surface area (Å²) in [6, 6.07) is 7.29. The van der Waals surface area contributed by atoms with Gasteiger partial charge in [-0.05, 0) is 56.9 Å². The highest BCUT2D eigenvalue weighted by Crippen LogP contribution is 2.42. The number of likely N-dealkylation sites (tertiary alicyclic amines) is 1. The third-order valence-electron chi connectivity index (χ3n) is 8.62. The number of rotatable bonds is 5. The van der Waals surface area contributed by atoms with Crippen LogP contribution in [0.5, 0.6) is 0 Å². The second kappa shape index (κ2) is 11.2. The number of nitrogens with zero attached hydrogens (tertiary/aromatic N) is 6. The minimum atomic E-state index is -2.82. The van der Waals surface area contributed by atoms with Crippen LogP contribution in [0, 0.1) is 23.1 Å². The van der Waals surface area contributed by atoms with Crippen molar-refractivity contribution in [3.8, 4) is 6.07 Å². The van der Waals surface area contributed by atoms with Crippen molar-refractivity contribution in [3.63, 3.8) is 0 Å². The molecule has 45 heavy (non-hydrogen) atoms. The summed E-state index contributed by atoms with van der Waals surface area (Å²) in [5.41, 5.74) is -1.24. The number of benzene rings is 2. The Kier molecular flexibility index (Phi) is 7.50. The molecule has 1 saturated carbocycles. The molecule has 3 heterocycles. The van der Waals surface area contributed by atoms with Crippen molar-refractivity contribution < 1.29 is 18.0 Å². The van der Waals surface area contributed by atoms with E-state index in [1.54, 1.807) is 19.9 Å². The molecule has 14 heteroatoms. The number of fused-ring (bicyclic) bond motifs is 2. The van der Waals surface area contributed by atoms with Crippen molar-refractivity contribution in [1.29, 1.82) is 5.26 Å². The summed E-state index contributed by atoms with van der Waals surface area (Å²) in [5.74, 6) is -4.23. The summed E-state index contributed by atoms with van der Waals surface area (Å²) in [5, 5.41) is 12.0. The lowest BCUT2D eigenvalue weighted by molar-refractivity contribution is -0.114.